The Morgan fingerprint density at radius 2 is 2.17 bits per heavy atom. The highest BCUT2D eigenvalue weighted by Crippen LogP contribution is 2.24. The molecule has 1 aromatic rings. The number of hydrazine groups is 1. The highest BCUT2D eigenvalue weighted by atomic mass is 15.3. The van der Waals surface area contributed by atoms with Crippen molar-refractivity contribution in [1.82, 2.24) is 9.88 Å². The molecule has 18 heavy (non-hydrogen) atoms. The number of anilines is 1. The van der Waals surface area contributed by atoms with Crippen LogP contribution in [0.3, 0.4) is 0 Å². The Morgan fingerprint density at radius 1 is 1.39 bits per heavy atom. The highest BCUT2D eigenvalue weighted by Gasteiger charge is 2.20. The lowest BCUT2D eigenvalue weighted by atomic mass is 9.94. The predicted molar refractivity (Wildman–Crippen MR) is 75.0 cm³/mol. The van der Waals surface area contributed by atoms with E-state index in [1.807, 2.05) is 6.07 Å². The lowest BCUT2D eigenvalue weighted by Gasteiger charge is -2.33. The van der Waals surface area contributed by atoms with Gasteiger partial charge in [0.05, 0.1) is 0 Å². The summed E-state index contributed by atoms with van der Waals surface area (Å²) >= 11 is 0. The lowest BCUT2D eigenvalue weighted by Crippen LogP contribution is -2.36. The Morgan fingerprint density at radius 3 is 2.83 bits per heavy atom. The third-order valence-electron chi connectivity index (χ3n) is 3.90. The summed E-state index contributed by atoms with van der Waals surface area (Å²) in [5.74, 6) is 6.31. The number of hydrogen-bond acceptors (Lipinski definition) is 4. The molecule has 1 aliphatic rings. The van der Waals surface area contributed by atoms with Crippen molar-refractivity contribution in [2.75, 3.05) is 12.0 Å². The number of aromatic nitrogens is 1. The van der Waals surface area contributed by atoms with Crippen molar-refractivity contribution in [2.45, 2.75) is 51.6 Å². The van der Waals surface area contributed by atoms with Gasteiger partial charge in [-0.25, -0.2) is 10.8 Å². The first-order chi connectivity index (χ1) is 8.85. The van der Waals surface area contributed by atoms with Crippen LogP contribution < -0.4 is 11.3 Å². The number of hydrogen-bond donors (Lipinski definition) is 2. The topological polar surface area (TPSA) is 54.2 Å². The number of pyridine rings is 1. The third-order valence-corrected chi connectivity index (χ3v) is 3.90. The molecule has 0 atom stereocenters. The van der Waals surface area contributed by atoms with E-state index in [1.54, 1.807) is 6.20 Å². The fourth-order valence-corrected chi connectivity index (χ4v) is 2.86. The van der Waals surface area contributed by atoms with E-state index in [4.69, 9.17) is 5.84 Å². The highest BCUT2D eigenvalue weighted by molar-refractivity contribution is 5.42. The molecule has 0 aromatic carbocycles. The van der Waals surface area contributed by atoms with Crippen LogP contribution in [-0.2, 0) is 6.54 Å². The van der Waals surface area contributed by atoms with E-state index in [0.717, 1.165) is 24.9 Å². The van der Waals surface area contributed by atoms with Gasteiger partial charge in [-0.1, -0.05) is 32.3 Å². The van der Waals surface area contributed by atoms with Crippen molar-refractivity contribution < 1.29 is 0 Å². The van der Waals surface area contributed by atoms with Gasteiger partial charge in [-0.15, -0.1) is 0 Å². The Bertz CT molecular complexity index is 361. The average Bonchev–Trinajstić information content (AvgIpc) is 2.46. The summed E-state index contributed by atoms with van der Waals surface area (Å²) in [5.41, 5.74) is 3.88. The molecule has 0 unspecified atom stereocenters. The van der Waals surface area contributed by atoms with Crippen LogP contribution in [0.25, 0.3) is 0 Å². The van der Waals surface area contributed by atoms with Crippen LogP contribution in [-0.4, -0.2) is 22.5 Å². The Labute approximate surface area is 110 Å². The van der Waals surface area contributed by atoms with E-state index >= 15 is 0 Å². The molecule has 0 saturated heterocycles. The summed E-state index contributed by atoms with van der Waals surface area (Å²) in [6.07, 6.45) is 8.58. The van der Waals surface area contributed by atoms with Crippen molar-refractivity contribution in [3.05, 3.63) is 23.9 Å². The number of nitrogen functional groups attached to an aromatic ring is 1. The van der Waals surface area contributed by atoms with Gasteiger partial charge in [0.1, 0.15) is 5.82 Å². The van der Waals surface area contributed by atoms with E-state index in [1.165, 1.54) is 37.7 Å². The quantitative estimate of drug-likeness (QED) is 0.621. The number of rotatable bonds is 5. The smallest absolute Gasteiger partial charge is 0.144 e. The van der Waals surface area contributed by atoms with Gasteiger partial charge in [-0.2, -0.15) is 0 Å². The minimum absolute atomic E-state index is 0.731. The first kappa shape index (κ1) is 13.3. The van der Waals surface area contributed by atoms with Crippen molar-refractivity contribution in [3.8, 4) is 0 Å². The molecule has 0 radical (unpaired) electrons. The van der Waals surface area contributed by atoms with Crippen LogP contribution in [0.15, 0.2) is 18.3 Å². The maximum absolute atomic E-state index is 5.52. The van der Waals surface area contributed by atoms with Crippen molar-refractivity contribution in [1.29, 1.82) is 0 Å². The van der Waals surface area contributed by atoms with Gasteiger partial charge in [-0.3, -0.25) is 4.90 Å². The van der Waals surface area contributed by atoms with E-state index in [2.05, 4.69) is 28.3 Å². The molecule has 1 aliphatic carbocycles. The van der Waals surface area contributed by atoms with Crippen LogP contribution in [0.2, 0.25) is 0 Å². The van der Waals surface area contributed by atoms with Gasteiger partial charge in [0, 0.05) is 24.3 Å². The van der Waals surface area contributed by atoms with Crippen LogP contribution in [0, 0.1) is 0 Å². The molecule has 100 valence electrons. The van der Waals surface area contributed by atoms with Gasteiger partial charge >= 0.3 is 0 Å². The van der Waals surface area contributed by atoms with Gasteiger partial charge in [-0.05, 0) is 25.5 Å². The molecule has 1 saturated carbocycles. The Hall–Kier alpha value is -1.13. The summed E-state index contributed by atoms with van der Waals surface area (Å²) in [7, 11) is 0. The molecule has 1 aromatic heterocycles. The zero-order chi connectivity index (χ0) is 12.8. The average molecular weight is 248 g/mol. The third kappa shape index (κ3) is 3.21. The van der Waals surface area contributed by atoms with E-state index in [9.17, 15) is 0 Å². The molecule has 0 spiro atoms. The predicted octanol–water partition coefficient (Wildman–Crippen LogP) is 2.52. The number of nitrogens with two attached hydrogens (primary N) is 1. The standard InChI is InChI=1S/C14H24N4/c1-2-18(13-8-4-3-5-9-13)11-12-7-6-10-16-14(12)17-15/h6-7,10,13H,2-5,8-9,11,15H2,1H3,(H,16,17). The second-order valence-corrected chi connectivity index (χ2v) is 5.01. The fraction of sp³-hybridized carbons (Fsp3) is 0.643. The molecule has 4 nitrogen and oxygen atoms in total. The van der Waals surface area contributed by atoms with Gasteiger partial charge in [0.15, 0.2) is 0 Å². The number of nitrogens with zero attached hydrogens (tertiary/aromatic N) is 2. The van der Waals surface area contributed by atoms with Crippen LogP contribution in [0.5, 0.6) is 0 Å². The Balaban J connectivity index is 2.04. The minimum atomic E-state index is 0.731. The zero-order valence-corrected chi connectivity index (χ0v) is 11.2. The molecule has 1 fully saturated rings. The van der Waals surface area contributed by atoms with Crippen molar-refractivity contribution >= 4 is 5.82 Å². The second kappa shape index (κ2) is 6.71. The number of nitrogens with one attached hydrogen (secondary N) is 1. The van der Waals surface area contributed by atoms with Crippen LogP contribution >= 0.6 is 0 Å². The van der Waals surface area contributed by atoms with Crippen molar-refractivity contribution in [2.24, 2.45) is 5.84 Å². The summed E-state index contributed by atoms with van der Waals surface area (Å²) in [6.45, 7) is 4.26. The molecule has 4 heteroatoms. The van der Waals surface area contributed by atoms with Crippen LogP contribution in [0.1, 0.15) is 44.6 Å². The molecular formula is C14H24N4. The molecule has 3 N–H and O–H groups in total. The summed E-state index contributed by atoms with van der Waals surface area (Å²) < 4.78 is 0. The molecule has 1 heterocycles. The summed E-state index contributed by atoms with van der Waals surface area (Å²) in [4.78, 5) is 6.82. The largest absolute Gasteiger partial charge is 0.308 e. The van der Waals surface area contributed by atoms with E-state index < -0.39 is 0 Å². The Kier molecular flexibility index (Phi) is 4.96. The van der Waals surface area contributed by atoms with Crippen LogP contribution in [0.4, 0.5) is 5.82 Å². The van der Waals surface area contributed by atoms with Crippen molar-refractivity contribution in [3.63, 3.8) is 0 Å². The van der Waals surface area contributed by atoms with Gasteiger partial charge in [0.2, 0.25) is 0 Å². The maximum Gasteiger partial charge on any atom is 0.144 e. The van der Waals surface area contributed by atoms with Gasteiger partial charge in [0.25, 0.3) is 0 Å². The summed E-state index contributed by atoms with van der Waals surface area (Å²) in [5, 5.41) is 0. The first-order valence-electron chi connectivity index (χ1n) is 6.99. The summed E-state index contributed by atoms with van der Waals surface area (Å²) in [6, 6.07) is 4.81. The fourth-order valence-electron chi connectivity index (χ4n) is 2.86. The molecular weight excluding hydrogens is 224 g/mol. The zero-order valence-electron chi connectivity index (χ0n) is 11.2. The molecule has 0 aliphatic heterocycles. The van der Waals surface area contributed by atoms with Gasteiger partial charge < -0.3 is 5.43 Å². The molecule has 0 amide bonds. The maximum atomic E-state index is 5.52. The minimum Gasteiger partial charge on any atom is -0.308 e. The second-order valence-electron chi connectivity index (χ2n) is 5.01. The molecule has 0 bridgehead atoms. The monoisotopic (exact) mass is 248 g/mol. The SMILES string of the molecule is CCN(Cc1cccnc1NN)C1CCCCC1. The van der Waals surface area contributed by atoms with E-state index in [0.29, 0.717) is 0 Å². The normalized spacial score (nSPS) is 17.1. The molecule has 2 rings (SSSR count). The van der Waals surface area contributed by atoms with E-state index in [-0.39, 0.29) is 0 Å². The first-order valence-corrected chi connectivity index (χ1v) is 6.99. The lowest BCUT2D eigenvalue weighted by molar-refractivity contribution is 0.156.